The number of hydrogen-bond donors (Lipinski definition) is 1. The standard InChI is InChI=1S/C14H11F3N2O3S2/c15-14(16,17)10-4-3-8(7-18-10)6-9-12(22)19(13(23)24-9)5-1-2-11(20)21/h3-4,6-7H,1-2,5H2,(H,20,21). The molecular formula is C14H11F3N2O3S2. The molecule has 128 valence electrons. The van der Waals surface area contributed by atoms with Gasteiger partial charge >= 0.3 is 12.1 Å². The lowest BCUT2D eigenvalue weighted by atomic mass is 10.2. The van der Waals surface area contributed by atoms with Gasteiger partial charge in [0, 0.05) is 19.2 Å². The minimum absolute atomic E-state index is 0.0844. The molecule has 0 spiro atoms. The molecule has 1 saturated heterocycles. The topological polar surface area (TPSA) is 70.5 Å². The maximum atomic E-state index is 12.5. The minimum Gasteiger partial charge on any atom is -0.481 e. The molecule has 1 aromatic heterocycles. The molecule has 5 nitrogen and oxygen atoms in total. The average molecular weight is 376 g/mol. The summed E-state index contributed by atoms with van der Waals surface area (Å²) >= 11 is 6.09. The molecule has 2 rings (SSSR count). The van der Waals surface area contributed by atoms with E-state index in [1.54, 1.807) is 0 Å². The molecule has 1 aliphatic rings. The first-order chi connectivity index (χ1) is 11.2. The van der Waals surface area contributed by atoms with E-state index in [0.29, 0.717) is 5.56 Å². The van der Waals surface area contributed by atoms with Crippen molar-refractivity contribution in [3.05, 3.63) is 34.5 Å². The zero-order chi connectivity index (χ0) is 17.9. The molecule has 0 aliphatic carbocycles. The second-order valence-corrected chi connectivity index (χ2v) is 6.48. The molecule has 1 amide bonds. The number of hydrogen-bond acceptors (Lipinski definition) is 5. The Kier molecular flexibility index (Phi) is 5.60. The first-order valence-corrected chi connectivity index (χ1v) is 7.91. The van der Waals surface area contributed by atoms with Crippen molar-refractivity contribution in [3.8, 4) is 0 Å². The number of amides is 1. The van der Waals surface area contributed by atoms with E-state index < -0.39 is 23.7 Å². The fourth-order valence-corrected chi connectivity index (χ4v) is 3.20. The van der Waals surface area contributed by atoms with Gasteiger partial charge in [-0.15, -0.1) is 0 Å². The van der Waals surface area contributed by atoms with Crippen LogP contribution >= 0.6 is 24.0 Å². The Morgan fingerprint density at radius 2 is 2.12 bits per heavy atom. The van der Waals surface area contributed by atoms with E-state index in [0.717, 1.165) is 24.0 Å². The van der Waals surface area contributed by atoms with Crippen molar-refractivity contribution in [1.29, 1.82) is 0 Å². The third-order valence-corrected chi connectivity index (χ3v) is 4.40. The highest BCUT2D eigenvalue weighted by Gasteiger charge is 2.33. The van der Waals surface area contributed by atoms with Crippen molar-refractivity contribution in [1.82, 2.24) is 9.88 Å². The average Bonchev–Trinajstić information content (AvgIpc) is 2.74. The van der Waals surface area contributed by atoms with Crippen LogP contribution < -0.4 is 0 Å². The van der Waals surface area contributed by atoms with Crippen LogP contribution in [-0.2, 0) is 15.8 Å². The summed E-state index contributed by atoms with van der Waals surface area (Å²) in [5, 5.41) is 8.61. The molecule has 0 aromatic carbocycles. The highest BCUT2D eigenvalue weighted by atomic mass is 32.2. The number of rotatable bonds is 5. The maximum Gasteiger partial charge on any atom is 0.433 e. The normalized spacial score (nSPS) is 17.0. The molecule has 0 atom stereocenters. The van der Waals surface area contributed by atoms with Crippen molar-refractivity contribution in [3.63, 3.8) is 0 Å². The number of alkyl halides is 3. The molecule has 1 fully saturated rings. The van der Waals surface area contributed by atoms with Crippen LogP contribution in [0.2, 0.25) is 0 Å². The van der Waals surface area contributed by atoms with Gasteiger partial charge in [-0.2, -0.15) is 13.2 Å². The zero-order valence-corrected chi connectivity index (χ0v) is 13.7. The van der Waals surface area contributed by atoms with E-state index in [1.807, 2.05) is 0 Å². The lowest BCUT2D eigenvalue weighted by Gasteiger charge is -2.13. The molecule has 0 unspecified atom stereocenters. The largest absolute Gasteiger partial charge is 0.481 e. The van der Waals surface area contributed by atoms with Gasteiger partial charge in [-0.3, -0.25) is 19.5 Å². The number of halogens is 3. The summed E-state index contributed by atoms with van der Waals surface area (Å²) in [5.41, 5.74) is -0.671. The number of thioether (sulfide) groups is 1. The first kappa shape index (κ1) is 18.4. The summed E-state index contributed by atoms with van der Waals surface area (Å²) in [6, 6.07) is 2.05. The lowest BCUT2D eigenvalue weighted by Crippen LogP contribution is -2.29. The van der Waals surface area contributed by atoms with Crippen molar-refractivity contribution < 1.29 is 27.9 Å². The quantitative estimate of drug-likeness (QED) is 0.629. The number of carboxylic acid groups (broad SMARTS) is 1. The second kappa shape index (κ2) is 7.31. The minimum atomic E-state index is -4.52. The fraction of sp³-hybridized carbons (Fsp3) is 0.286. The van der Waals surface area contributed by atoms with Crippen LogP contribution in [0.3, 0.4) is 0 Å². The number of carbonyl (C=O) groups excluding carboxylic acids is 1. The summed E-state index contributed by atoms with van der Waals surface area (Å²) in [4.78, 5) is 27.6. The van der Waals surface area contributed by atoms with Gasteiger partial charge < -0.3 is 5.11 Å². The lowest BCUT2D eigenvalue weighted by molar-refractivity contribution is -0.141. The Labute approximate surface area is 144 Å². The summed E-state index contributed by atoms with van der Waals surface area (Å²) < 4.78 is 37.7. The predicted molar refractivity (Wildman–Crippen MR) is 86.0 cm³/mol. The van der Waals surface area contributed by atoms with Crippen LogP contribution in [0.25, 0.3) is 6.08 Å². The van der Waals surface area contributed by atoms with Gasteiger partial charge in [0.05, 0.1) is 4.91 Å². The van der Waals surface area contributed by atoms with Crippen LogP contribution in [0, 0.1) is 0 Å². The predicted octanol–water partition coefficient (Wildman–Crippen LogP) is 3.17. The zero-order valence-electron chi connectivity index (χ0n) is 12.0. The van der Waals surface area contributed by atoms with Gasteiger partial charge in [0.15, 0.2) is 0 Å². The van der Waals surface area contributed by atoms with Gasteiger partial charge in [-0.05, 0) is 24.1 Å². The number of nitrogens with zero attached hydrogens (tertiary/aromatic N) is 2. The third kappa shape index (κ3) is 4.54. The first-order valence-electron chi connectivity index (χ1n) is 6.69. The van der Waals surface area contributed by atoms with Crippen molar-refractivity contribution in [2.75, 3.05) is 6.54 Å². The van der Waals surface area contributed by atoms with E-state index in [2.05, 4.69) is 4.98 Å². The van der Waals surface area contributed by atoms with E-state index in [9.17, 15) is 22.8 Å². The van der Waals surface area contributed by atoms with Crippen molar-refractivity contribution >= 4 is 46.3 Å². The van der Waals surface area contributed by atoms with Gasteiger partial charge in [-0.1, -0.05) is 30.0 Å². The maximum absolute atomic E-state index is 12.5. The summed E-state index contributed by atoms with van der Waals surface area (Å²) in [5.74, 6) is -1.36. The molecule has 10 heteroatoms. The van der Waals surface area contributed by atoms with Crippen LogP contribution in [0.5, 0.6) is 0 Å². The highest BCUT2D eigenvalue weighted by Crippen LogP contribution is 2.33. The Balaban J connectivity index is 2.09. The van der Waals surface area contributed by atoms with Crippen molar-refractivity contribution in [2.24, 2.45) is 0 Å². The molecular weight excluding hydrogens is 365 g/mol. The number of thiocarbonyl (C=S) groups is 1. The number of carbonyl (C=O) groups is 2. The molecule has 1 aliphatic heterocycles. The third-order valence-electron chi connectivity index (χ3n) is 3.02. The Morgan fingerprint density at radius 3 is 2.67 bits per heavy atom. The fourth-order valence-electron chi connectivity index (χ4n) is 1.89. The molecule has 1 N–H and O–H groups in total. The number of aliphatic carboxylic acids is 1. The van der Waals surface area contributed by atoms with Crippen LogP contribution in [-0.4, -0.2) is 37.7 Å². The smallest absolute Gasteiger partial charge is 0.433 e. The summed E-state index contributed by atoms with van der Waals surface area (Å²) in [6.45, 7) is 0.180. The van der Waals surface area contributed by atoms with Crippen molar-refractivity contribution in [2.45, 2.75) is 19.0 Å². The van der Waals surface area contributed by atoms with Gasteiger partial charge in [0.1, 0.15) is 10.0 Å². The van der Waals surface area contributed by atoms with Crippen LogP contribution in [0.15, 0.2) is 23.2 Å². The van der Waals surface area contributed by atoms with E-state index in [1.165, 1.54) is 17.0 Å². The molecule has 2 heterocycles. The highest BCUT2D eigenvalue weighted by molar-refractivity contribution is 8.26. The number of carboxylic acids is 1. The number of pyridine rings is 1. The molecule has 0 saturated carbocycles. The van der Waals surface area contributed by atoms with Gasteiger partial charge in [0.25, 0.3) is 5.91 Å². The van der Waals surface area contributed by atoms with E-state index in [-0.39, 0.29) is 28.6 Å². The van der Waals surface area contributed by atoms with Crippen LogP contribution in [0.4, 0.5) is 13.2 Å². The second-order valence-electron chi connectivity index (χ2n) is 4.81. The SMILES string of the molecule is O=C(O)CCCN1C(=O)C(=Cc2ccc(C(F)(F)F)nc2)SC1=S. The Bertz CT molecular complexity index is 702. The van der Waals surface area contributed by atoms with E-state index >= 15 is 0 Å². The molecule has 1 aromatic rings. The summed E-state index contributed by atoms with van der Waals surface area (Å²) in [6.07, 6.45) is -1.91. The van der Waals surface area contributed by atoms with E-state index in [4.69, 9.17) is 17.3 Å². The Morgan fingerprint density at radius 1 is 1.42 bits per heavy atom. The van der Waals surface area contributed by atoms with Gasteiger partial charge in [0.2, 0.25) is 0 Å². The Hall–Kier alpha value is -1.94. The summed E-state index contributed by atoms with van der Waals surface area (Å²) in [7, 11) is 0. The molecule has 0 bridgehead atoms. The monoisotopic (exact) mass is 376 g/mol. The molecule has 24 heavy (non-hydrogen) atoms. The van der Waals surface area contributed by atoms with Gasteiger partial charge in [-0.25, -0.2) is 0 Å². The molecule has 0 radical (unpaired) electrons. The van der Waals surface area contributed by atoms with Crippen LogP contribution in [0.1, 0.15) is 24.1 Å². The number of aromatic nitrogens is 1.